The van der Waals surface area contributed by atoms with Crippen LogP contribution < -0.4 is 10.2 Å². The van der Waals surface area contributed by atoms with Crippen LogP contribution in [0.5, 0.6) is 0 Å². The molecule has 0 saturated carbocycles. The van der Waals surface area contributed by atoms with Crippen molar-refractivity contribution in [3.8, 4) is 0 Å². The van der Waals surface area contributed by atoms with Gasteiger partial charge >= 0.3 is 0 Å². The van der Waals surface area contributed by atoms with Gasteiger partial charge in [-0.1, -0.05) is 24.3 Å². The summed E-state index contributed by atoms with van der Waals surface area (Å²) in [5.41, 5.74) is 2.81. The van der Waals surface area contributed by atoms with Crippen molar-refractivity contribution in [3.63, 3.8) is 0 Å². The van der Waals surface area contributed by atoms with Crippen LogP contribution in [0.1, 0.15) is 30.4 Å². The van der Waals surface area contributed by atoms with E-state index in [2.05, 4.69) is 20.2 Å². The van der Waals surface area contributed by atoms with Crippen molar-refractivity contribution >= 4 is 17.5 Å². The maximum Gasteiger partial charge on any atom is 0.228 e. The maximum atomic E-state index is 12.1. The molecule has 0 aliphatic carbocycles. The van der Waals surface area contributed by atoms with E-state index in [4.69, 9.17) is 0 Å². The fraction of sp³-hybridized carbons (Fsp3) is 0.389. The highest BCUT2D eigenvalue weighted by Gasteiger charge is 2.13. The molecule has 3 rings (SSSR count). The van der Waals surface area contributed by atoms with Gasteiger partial charge in [-0.05, 0) is 37.3 Å². The molecule has 1 saturated heterocycles. The third-order valence-corrected chi connectivity index (χ3v) is 4.17. The van der Waals surface area contributed by atoms with Crippen molar-refractivity contribution in [2.75, 3.05) is 23.3 Å². The standard InChI is InChI=1S/C18H22N4O/c1-14-7-3-4-8-15(14)11-17(23)21-16-12-19-18(20-13-16)22-9-5-2-6-10-22/h3-4,7-8,12-13H,2,5-6,9-11H2,1H3,(H,21,23). The molecule has 1 aromatic carbocycles. The number of carbonyl (C=O) groups excluding carboxylic acids is 1. The van der Waals surface area contributed by atoms with Gasteiger partial charge < -0.3 is 10.2 Å². The molecule has 0 spiro atoms. The molecule has 1 aliphatic heterocycles. The number of rotatable bonds is 4. The summed E-state index contributed by atoms with van der Waals surface area (Å²) < 4.78 is 0. The molecule has 1 aliphatic rings. The molecule has 0 radical (unpaired) electrons. The Morgan fingerprint density at radius 3 is 2.52 bits per heavy atom. The van der Waals surface area contributed by atoms with Crippen LogP contribution in [0.4, 0.5) is 11.6 Å². The maximum absolute atomic E-state index is 12.1. The number of hydrogen-bond donors (Lipinski definition) is 1. The van der Waals surface area contributed by atoms with Crippen LogP contribution in [0.25, 0.3) is 0 Å². The summed E-state index contributed by atoms with van der Waals surface area (Å²) in [6.07, 6.45) is 7.40. The van der Waals surface area contributed by atoms with Gasteiger partial charge in [-0.3, -0.25) is 4.79 Å². The van der Waals surface area contributed by atoms with E-state index < -0.39 is 0 Å². The van der Waals surface area contributed by atoms with E-state index in [-0.39, 0.29) is 5.91 Å². The van der Waals surface area contributed by atoms with Crippen LogP contribution in [-0.4, -0.2) is 29.0 Å². The van der Waals surface area contributed by atoms with Crippen molar-refractivity contribution < 1.29 is 4.79 Å². The summed E-state index contributed by atoms with van der Waals surface area (Å²) in [6.45, 7) is 4.04. The molecule has 2 aromatic rings. The Morgan fingerprint density at radius 2 is 1.83 bits per heavy atom. The Labute approximate surface area is 136 Å². The second kappa shape index (κ2) is 7.22. The van der Waals surface area contributed by atoms with E-state index in [9.17, 15) is 4.79 Å². The third-order valence-electron chi connectivity index (χ3n) is 4.17. The number of aryl methyl sites for hydroxylation is 1. The monoisotopic (exact) mass is 310 g/mol. The van der Waals surface area contributed by atoms with Gasteiger partial charge in [0.2, 0.25) is 11.9 Å². The first-order chi connectivity index (χ1) is 11.2. The second-order valence-corrected chi connectivity index (χ2v) is 5.97. The van der Waals surface area contributed by atoms with Crippen LogP contribution in [-0.2, 0) is 11.2 Å². The van der Waals surface area contributed by atoms with Crippen LogP contribution in [0.3, 0.4) is 0 Å². The molecular formula is C18H22N4O. The lowest BCUT2D eigenvalue weighted by Crippen LogP contribution is -2.30. The smallest absolute Gasteiger partial charge is 0.228 e. The largest absolute Gasteiger partial charge is 0.341 e. The second-order valence-electron chi connectivity index (χ2n) is 5.97. The van der Waals surface area contributed by atoms with E-state index in [1.165, 1.54) is 19.3 Å². The van der Waals surface area contributed by atoms with Crippen molar-refractivity contribution in [2.45, 2.75) is 32.6 Å². The Bertz CT molecular complexity index is 663. The number of carbonyl (C=O) groups is 1. The zero-order valence-corrected chi connectivity index (χ0v) is 13.5. The topological polar surface area (TPSA) is 58.1 Å². The lowest BCUT2D eigenvalue weighted by atomic mass is 10.1. The molecule has 1 fully saturated rings. The molecular weight excluding hydrogens is 288 g/mol. The molecule has 23 heavy (non-hydrogen) atoms. The SMILES string of the molecule is Cc1ccccc1CC(=O)Nc1cnc(N2CCCCC2)nc1. The normalized spacial score (nSPS) is 14.6. The van der Waals surface area contributed by atoms with Gasteiger partial charge in [0.15, 0.2) is 0 Å². The predicted octanol–water partition coefficient (Wildman–Crippen LogP) is 2.96. The number of hydrogen-bond acceptors (Lipinski definition) is 4. The summed E-state index contributed by atoms with van der Waals surface area (Å²) >= 11 is 0. The van der Waals surface area contributed by atoms with Gasteiger partial charge in [0.05, 0.1) is 24.5 Å². The highest BCUT2D eigenvalue weighted by atomic mass is 16.1. The minimum absolute atomic E-state index is 0.0476. The fourth-order valence-corrected chi connectivity index (χ4v) is 2.83. The van der Waals surface area contributed by atoms with E-state index in [1.54, 1.807) is 12.4 Å². The predicted molar refractivity (Wildman–Crippen MR) is 91.6 cm³/mol. The average molecular weight is 310 g/mol. The van der Waals surface area contributed by atoms with Crippen LogP contribution in [0.15, 0.2) is 36.7 Å². The summed E-state index contributed by atoms with van der Waals surface area (Å²) in [4.78, 5) is 23.1. The summed E-state index contributed by atoms with van der Waals surface area (Å²) in [5.74, 6) is 0.704. The number of amides is 1. The molecule has 0 unspecified atom stereocenters. The first-order valence-electron chi connectivity index (χ1n) is 8.14. The average Bonchev–Trinajstić information content (AvgIpc) is 2.58. The van der Waals surface area contributed by atoms with Gasteiger partial charge in [-0.2, -0.15) is 0 Å². The third kappa shape index (κ3) is 4.06. The molecule has 5 nitrogen and oxygen atoms in total. The quantitative estimate of drug-likeness (QED) is 0.943. The van der Waals surface area contributed by atoms with Crippen LogP contribution >= 0.6 is 0 Å². The summed E-state index contributed by atoms with van der Waals surface area (Å²) in [7, 11) is 0. The van der Waals surface area contributed by atoms with Crippen LogP contribution in [0.2, 0.25) is 0 Å². The van der Waals surface area contributed by atoms with Gasteiger partial charge in [-0.25, -0.2) is 9.97 Å². The first kappa shape index (κ1) is 15.5. The molecule has 2 heterocycles. The van der Waals surface area contributed by atoms with Gasteiger partial charge in [0, 0.05) is 13.1 Å². The molecule has 0 atom stereocenters. The Kier molecular flexibility index (Phi) is 4.86. The molecule has 120 valence electrons. The molecule has 0 bridgehead atoms. The molecule has 5 heteroatoms. The van der Waals surface area contributed by atoms with Crippen LogP contribution in [0, 0.1) is 6.92 Å². The lowest BCUT2D eigenvalue weighted by molar-refractivity contribution is -0.115. The molecule has 1 aromatic heterocycles. The summed E-state index contributed by atoms with van der Waals surface area (Å²) in [5, 5.41) is 2.87. The Balaban J connectivity index is 1.59. The molecule has 1 N–H and O–H groups in total. The zero-order chi connectivity index (χ0) is 16.1. The van der Waals surface area contributed by atoms with Gasteiger partial charge in [0.25, 0.3) is 0 Å². The highest BCUT2D eigenvalue weighted by Crippen LogP contribution is 2.16. The van der Waals surface area contributed by atoms with E-state index in [0.717, 1.165) is 30.2 Å². The Hall–Kier alpha value is -2.43. The first-order valence-corrected chi connectivity index (χ1v) is 8.14. The number of anilines is 2. The number of nitrogens with zero attached hydrogens (tertiary/aromatic N) is 3. The zero-order valence-electron chi connectivity index (χ0n) is 13.5. The van der Waals surface area contributed by atoms with Gasteiger partial charge in [-0.15, -0.1) is 0 Å². The Morgan fingerprint density at radius 1 is 1.13 bits per heavy atom. The van der Waals surface area contributed by atoms with Crippen molar-refractivity contribution in [1.82, 2.24) is 9.97 Å². The van der Waals surface area contributed by atoms with Gasteiger partial charge in [0.1, 0.15) is 0 Å². The number of piperidine rings is 1. The van der Waals surface area contributed by atoms with Crippen molar-refractivity contribution in [2.24, 2.45) is 0 Å². The minimum atomic E-state index is -0.0476. The number of benzene rings is 1. The fourth-order valence-electron chi connectivity index (χ4n) is 2.83. The van der Waals surface area contributed by atoms with E-state index in [0.29, 0.717) is 12.1 Å². The minimum Gasteiger partial charge on any atom is -0.341 e. The van der Waals surface area contributed by atoms with Crippen molar-refractivity contribution in [1.29, 1.82) is 0 Å². The lowest BCUT2D eigenvalue weighted by Gasteiger charge is -2.26. The number of nitrogens with one attached hydrogen (secondary N) is 1. The highest BCUT2D eigenvalue weighted by molar-refractivity contribution is 5.92. The van der Waals surface area contributed by atoms with E-state index >= 15 is 0 Å². The summed E-state index contributed by atoms with van der Waals surface area (Å²) in [6, 6.07) is 7.92. The number of aromatic nitrogens is 2. The van der Waals surface area contributed by atoms with E-state index in [1.807, 2.05) is 31.2 Å². The van der Waals surface area contributed by atoms with Crippen molar-refractivity contribution in [3.05, 3.63) is 47.8 Å². The molecule has 1 amide bonds.